The number of hydrogen-bond acceptors (Lipinski definition) is 2. The van der Waals surface area contributed by atoms with Crippen molar-refractivity contribution < 1.29 is 9.53 Å². The molecule has 0 aromatic carbocycles. The van der Waals surface area contributed by atoms with Gasteiger partial charge in [0.1, 0.15) is 0 Å². The van der Waals surface area contributed by atoms with E-state index in [0.717, 1.165) is 12.8 Å². The van der Waals surface area contributed by atoms with Crippen LogP contribution in [0.4, 0.5) is 0 Å². The van der Waals surface area contributed by atoms with Crippen molar-refractivity contribution in [3.8, 4) is 0 Å². The third-order valence-corrected chi connectivity index (χ3v) is 2.01. The molecule has 2 nitrogen and oxygen atoms in total. The molecule has 0 spiro atoms. The molecule has 0 atom stereocenters. The normalized spacial score (nSPS) is 19.4. The summed E-state index contributed by atoms with van der Waals surface area (Å²) < 4.78 is 4.86. The zero-order valence-electron chi connectivity index (χ0n) is 6.88. The fraction of sp³-hybridized carbons (Fsp3) is 0.667. The van der Waals surface area contributed by atoms with Crippen LogP contribution in [-0.4, -0.2) is 5.97 Å². The predicted octanol–water partition coefficient (Wildman–Crippen LogP) is 2.25. The maximum Gasteiger partial charge on any atom is 0.313 e. The molecule has 0 N–H and O–H groups in total. The Morgan fingerprint density at radius 3 is 2.64 bits per heavy atom. The quantitative estimate of drug-likeness (QED) is 0.450. The van der Waals surface area contributed by atoms with E-state index in [4.69, 9.17) is 4.74 Å². The van der Waals surface area contributed by atoms with E-state index >= 15 is 0 Å². The molecule has 0 heterocycles. The van der Waals surface area contributed by atoms with Crippen LogP contribution in [0.2, 0.25) is 0 Å². The Balaban J connectivity index is 2.28. The van der Waals surface area contributed by atoms with Gasteiger partial charge in [0, 0.05) is 0 Å². The van der Waals surface area contributed by atoms with E-state index in [-0.39, 0.29) is 11.9 Å². The Labute approximate surface area is 67.2 Å². The molecule has 0 aliphatic heterocycles. The van der Waals surface area contributed by atoms with Gasteiger partial charge in [0.2, 0.25) is 0 Å². The Kier molecular flexibility index (Phi) is 3.14. The highest BCUT2D eigenvalue weighted by molar-refractivity contribution is 5.73. The zero-order valence-corrected chi connectivity index (χ0v) is 6.88. The van der Waals surface area contributed by atoms with Crippen molar-refractivity contribution in [1.82, 2.24) is 0 Å². The molecule has 0 aromatic rings. The van der Waals surface area contributed by atoms with Gasteiger partial charge in [-0.05, 0) is 19.8 Å². The maximum atomic E-state index is 11.1. The van der Waals surface area contributed by atoms with Crippen LogP contribution in [0.5, 0.6) is 0 Å². The van der Waals surface area contributed by atoms with Gasteiger partial charge in [0.05, 0.1) is 12.2 Å². The molecule has 0 aromatic heterocycles. The molecule has 11 heavy (non-hydrogen) atoms. The van der Waals surface area contributed by atoms with Gasteiger partial charge in [-0.3, -0.25) is 4.79 Å². The van der Waals surface area contributed by atoms with Crippen LogP contribution < -0.4 is 0 Å². The Bertz CT molecular complexity index is 155. The first-order valence-corrected chi connectivity index (χ1v) is 4.16. The Hall–Kier alpha value is -0.790. The number of carbonyl (C=O) groups excluding carboxylic acids is 1. The Morgan fingerprint density at radius 2 is 2.09 bits per heavy atom. The summed E-state index contributed by atoms with van der Waals surface area (Å²) in [6.07, 6.45) is 7.56. The average molecular weight is 154 g/mol. The lowest BCUT2D eigenvalue weighted by atomic mass is 10.1. The number of hydrogen-bond donors (Lipinski definition) is 0. The summed E-state index contributed by atoms with van der Waals surface area (Å²) in [5.41, 5.74) is 0. The minimum Gasteiger partial charge on any atom is -0.435 e. The van der Waals surface area contributed by atoms with Crippen molar-refractivity contribution in [2.75, 3.05) is 0 Å². The molecule has 1 saturated carbocycles. The van der Waals surface area contributed by atoms with Gasteiger partial charge < -0.3 is 4.74 Å². The van der Waals surface area contributed by atoms with Gasteiger partial charge in [0.15, 0.2) is 0 Å². The van der Waals surface area contributed by atoms with Crippen molar-refractivity contribution in [2.45, 2.75) is 32.6 Å². The zero-order chi connectivity index (χ0) is 8.10. The minimum absolute atomic E-state index is 0.0550. The molecular weight excluding hydrogens is 140 g/mol. The maximum absolute atomic E-state index is 11.1. The molecule has 1 fully saturated rings. The summed E-state index contributed by atoms with van der Waals surface area (Å²) in [5, 5.41) is 0. The van der Waals surface area contributed by atoms with Crippen LogP contribution in [0, 0.1) is 5.92 Å². The predicted molar refractivity (Wildman–Crippen MR) is 42.9 cm³/mol. The summed E-state index contributed by atoms with van der Waals surface area (Å²) in [6, 6.07) is 0. The molecule has 0 saturated heterocycles. The van der Waals surface area contributed by atoms with Crippen LogP contribution in [0.25, 0.3) is 0 Å². The summed E-state index contributed by atoms with van der Waals surface area (Å²) in [7, 11) is 0. The van der Waals surface area contributed by atoms with E-state index in [1.807, 2.05) is 6.92 Å². The first-order chi connectivity index (χ1) is 5.34. The standard InChI is InChI=1S/C9H14O2/c1-2-7-11-9(10)8-5-3-4-6-8/h2,7-8H,3-6H2,1H3/b7-2+. The fourth-order valence-electron chi connectivity index (χ4n) is 1.39. The number of rotatable bonds is 2. The third-order valence-electron chi connectivity index (χ3n) is 2.01. The second-order valence-electron chi connectivity index (χ2n) is 2.89. The van der Waals surface area contributed by atoms with Gasteiger partial charge in [-0.15, -0.1) is 0 Å². The minimum atomic E-state index is -0.0550. The highest BCUT2D eigenvalue weighted by Gasteiger charge is 2.23. The van der Waals surface area contributed by atoms with Crippen molar-refractivity contribution in [1.29, 1.82) is 0 Å². The summed E-state index contributed by atoms with van der Waals surface area (Å²) in [4.78, 5) is 11.1. The molecule has 0 radical (unpaired) electrons. The first kappa shape index (κ1) is 8.31. The van der Waals surface area contributed by atoms with E-state index in [9.17, 15) is 4.79 Å². The number of carbonyl (C=O) groups is 1. The van der Waals surface area contributed by atoms with Crippen molar-refractivity contribution >= 4 is 5.97 Å². The number of allylic oxidation sites excluding steroid dienone is 1. The van der Waals surface area contributed by atoms with Crippen LogP contribution in [0.15, 0.2) is 12.3 Å². The molecule has 2 heteroatoms. The van der Waals surface area contributed by atoms with Gasteiger partial charge in [-0.1, -0.05) is 18.9 Å². The van der Waals surface area contributed by atoms with Crippen molar-refractivity contribution in [3.05, 3.63) is 12.3 Å². The lowest BCUT2D eigenvalue weighted by Crippen LogP contribution is -2.11. The van der Waals surface area contributed by atoms with Gasteiger partial charge in [0.25, 0.3) is 0 Å². The Morgan fingerprint density at radius 1 is 1.45 bits per heavy atom. The smallest absolute Gasteiger partial charge is 0.313 e. The summed E-state index contributed by atoms with van der Waals surface area (Å²) in [5.74, 6) is 0.117. The van der Waals surface area contributed by atoms with E-state index in [1.54, 1.807) is 6.08 Å². The third kappa shape index (κ3) is 2.37. The van der Waals surface area contributed by atoms with Gasteiger partial charge in [-0.2, -0.15) is 0 Å². The molecule has 62 valence electrons. The topological polar surface area (TPSA) is 26.3 Å². The highest BCUT2D eigenvalue weighted by Crippen LogP contribution is 2.25. The van der Waals surface area contributed by atoms with Gasteiger partial charge >= 0.3 is 5.97 Å². The largest absolute Gasteiger partial charge is 0.435 e. The lowest BCUT2D eigenvalue weighted by Gasteiger charge is -2.04. The molecule has 0 bridgehead atoms. The second-order valence-corrected chi connectivity index (χ2v) is 2.89. The highest BCUT2D eigenvalue weighted by atomic mass is 16.5. The van der Waals surface area contributed by atoms with Crippen LogP contribution in [0.3, 0.4) is 0 Å². The summed E-state index contributed by atoms with van der Waals surface area (Å²) in [6.45, 7) is 1.84. The molecule has 1 aliphatic rings. The molecule has 0 amide bonds. The van der Waals surface area contributed by atoms with E-state index in [0.29, 0.717) is 0 Å². The van der Waals surface area contributed by atoms with Gasteiger partial charge in [-0.25, -0.2) is 0 Å². The van der Waals surface area contributed by atoms with Crippen LogP contribution >= 0.6 is 0 Å². The van der Waals surface area contributed by atoms with Crippen LogP contribution in [-0.2, 0) is 9.53 Å². The lowest BCUT2D eigenvalue weighted by molar-refractivity contribution is -0.142. The number of ether oxygens (including phenoxy) is 1. The SMILES string of the molecule is C/C=C/OC(=O)C1CCCC1. The van der Waals surface area contributed by atoms with E-state index in [1.165, 1.54) is 19.1 Å². The van der Waals surface area contributed by atoms with E-state index < -0.39 is 0 Å². The molecule has 0 unspecified atom stereocenters. The summed E-state index contributed by atoms with van der Waals surface area (Å²) >= 11 is 0. The molecule has 1 aliphatic carbocycles. The molecular formula is C9H14O2. The monoisotopic (exact) mass is 154 g/mol. The fourth-order valence-corrected chi connectivity index (χ4v) is 1.39. The molecule has 1 rings (SSSR count). The van der Waals surface area contributed by atoms with Crippen molar-refractivity contribution in [3.63, 3.8) is 0 Å². The van der Waals surface area contributed by atoms with E-state index in [2.05, 4.69) is 0 Å². The van der Waals surface area contributed by atoms with Crippen LogP contribution in [0.1, 0.15) is 32.6 Å². The van der Waals surface area contributed by atoms with Crippen molar-refractivity contribution in [2.24, 2.45) is 5.92 Å². The second kappa shape index (κ2) is 4.16. The number of esters is 1. The first-order valence-electron chi connectivity index (χ1n) is 4.16. The average Bonchev–Trinajstić information content (AvgIpc) is 2.52.